The molecule has 0 spiro atoms. The first-order chi connectivity index (χ1) is 12.7. The van der Waals surface area contributed by atoms with Crippen molar-refractivity contribution in [3.05, 3.63) is 66.4 Å². The number of amides is 1. The molecular formula is C20H21N3O3. The van der Waals surface area contributed by atoms with Gasteiger partial charge in [-0.15, -0.1) is 0 Å². The molecule has 3 N–H and O–H groups in total. The molecule has 3 aromatic rings. The van der Waals surface area contributed by atoms with Crippen molar-refractivity contribution in [2.45, 2.75) is 13.0 Å². The molecule has 134 valence electrons. The number of hydrogen-bond acceptors (Lipinski definition) is 5. The van der Waals surface area contributed by atoms with Crippen molar-refractivity contribution in [3.8, 4) is 5.75 Å². The Bertz CT molecular complexity index is 869. The minimum absolute atomic E-state index is 0.260. The van der Waals surface area contributed by atoms with Crippen LogP contribution in [0.15, 0.2) is 60.8 Å². The fourth-order valence-electron chi connectivity index (χ4n) is 2.46. The van der Waals surface area contributed by atoms with Crippen LogP contribution >= 0.6 is 0 Å². The predicted octanol–water partition coefficient (Wildman–Crippen LogP) is 3.51. The third-order valence-corrected chi connectivity index (χ3v) is 3.82. The highest BCUT2D eigenvalue weighted by Crippen LogP contribution is 2.23. The van der Waals surface area contributed by atoms with E-state index in [2.05, 4.69) is 10.3 Å². The average Bonchev–Trinajstić information content (AvgIpc) is 2.67. The highest BCUT2D eigenvalue weighted by Gasteiger charge is 2.03. The monoisotopic (exact) mass is 351 g/mol. The molecule has 0 aliphatic rings. The second-order valence-electron chi connectivity index (χ2n) is 5.77. The Hall–Kier alpha value is -3.28. The Morgan fingerprint density at radius 1 is 1.12 bits per heavy atom. The van der Waals surface area contributed by atoms with Gasteiger partial charge in [0.15, 0.2) is 0 Å². The molecule has 0 saturated carbocycles. The molecule has 1 amide bonds. The first-order valence-corrected chi connectivity index (χ1v) is 8.44. The molecule has 0 aliphatic heterocycles. The Morgan fingerprint density at radius 2 is 1.96 bits per heavy atom. The topological polar surface area (TPSA) is 86.5 Å². The van der Waals surface area contributed by atoms with Crippen molar-refractivity contribution in [1.29, 1.82) is 0 Å². The number of nitrogen functional groups attached to an aromatic ring is 1. The molecule has 0 bridgehead atoms. The van der Waals surface area contributed by atoms with Crippen LogP contribution in [-0.2, 0) is 11.3 Å². The van der Waals surface area contributed by atoms with Gasteiger partial charge in [-0.05, 0) is 36.2 Å². The first kappa shape index (κ1) is 17.5. The molecule has 6 heteroatoms. The van der Waals surface area contributed by atoms with Gasteiger partial charge < -0.3 is 20.5 Å². The van der Waals surface area contributed by atoms with E-state index < -0.39 is 6.09 Å². The molecular weight excluding hydrogens is 330 g/mol. The normalized spacial score (nSPS) is 10.5. The smallest absolute Gasteiger partial charge is 0.407 e. The highest BCUT2D eigenvalue weighted by molar-refractivity contribution is 5.90. The third-order valence-electron chi connectivity index (χ3n) is 3.82. The summed E-state index contributed by atoms with van der Waals surface area (Å²) in [7, 11) is 0. The van der Waals surface area contributed by atoms with Crippen LogP contribution in [0, 0.1) is 0 Å². The maximum atomic E-state index is 11.6. The summed E-state index contributed by atoms with van der Waals surface area (Å²) in [6.07, 6.45) is 1.92. The van der Waals surface area contributed by atoms with E-state index in [1.807, 2.05) is 48.5 Å². The second-order valence-corrected chi connectivity index (χ2v) is 5.77. The SMILES string of the molecule is Nc1ccnc2ccc(OCCCNC(=O)OCc3ccccc3)cc12. The number of ether oxygens (including phenoxy) is 2. The van der Waals surface area contributed by atoms with E-state index in [4.69, 9.17) is 15.2 Å². The average molecular weight is 351 g/mol. The number of anilines is 1. The van der Waals surface area contributed by atoms with E-state index in [-0.39, 0.29) is 6.61 Å². The molecule has 0 atom stereocenters. The lowest BCUT2D eigenvalue weighted by atomic mass is 10.2. The maximum absolute atomic E-state index is 11.6. The molecule has 3 rings (SSSR count). The number of alkyl carbamates (subject to hydrolysis) is 1. The Kier molecular flexibility index (Phi) is 5.88. The second kappa shape index (κ2) is 8.71. The van der Waals surface area contributed by atoms with E-state index in [0.29, 0.717) is 25.3 Å². The maximum Gasteiger partial charge on any atom is 0.407 e. The molecule has 1 heterocycles. The zero-order valence-electron chi connectivity index (χ0n) is 14.4. The van der Waals surface area contributed by atoms with E-state index in [1.165, 1.54) is 0 Å². The summed E-state index contributed by atoms with van der Waals surface area (Å²) in [5.41, 5.74) is 8.41. The van der Waals surface area contributed by atoms with Crippen molar-refractivity contribution in [3.63, 3.8) is 0 Å². The van der Waals surface area contributed by atoms with Crippen molar-refractivity contribution >= 4 is 22.7 Å². The largest absolute Gasteiger partial charge is 0.494 e. The number of rotatable bonds is 7. The summed E-state index contributed by atoms with van der Waals surface area (Å²) in [4.78, 5) is 15.9. The van der Waals surface area contributed by atoms with E-state index in [9.17, 15) is 4.79 Å². The summed E-state index contributed by atoms with van der Waals surface area (Å²) in [5.74, 6) is 0.726. The van der Waals surface area contributed by atoms with Crippen LogP contribution in [0.3, 0.4) is 0 Å². The number of pyridine rings is 1. The quantitative estimate of drug-likeness (QED) is 0.636. The standard InChI is InChI=1S/C20H21N3O3/c21-18-9-11-22-19-8-7-16(13-17(18)19)25-12-4-10-23-20(24)26-14-15-5-2-1-3-6-15/h1-3,5-9,11,13H,4,10,12,14H2,(H2,21,22)(H,23,24). The third kappa shape index (κ3) is 4.86. The molecule has 26 heavy (non-hydrogen) atoms. The van der Waals surface area contributed by atoms with Crippen molar-refractivity contribution < 1.29 is 14.3 Å². The van der Waals surface area contributed by atoms with Crippen LogP contribution in [0.4, 0.5) is 10.5 Å². The number of hydrogen-bond donors (Lipinski definition) is 2. The fraction of sp³-hybridized carbons (Fsp3) is 0.200. The summed E-state index contributed by atoms with van der Waals surface area (Å²) in [6, 6.07) is 16.9. The lowest BCUT2D eigenvalue weighted by Crippen LogP contribution is -2.26. The summed E-state index contributed by atoms with van der Waals surface area (Å²) >= 11 is 0. The zero-order chi connectivity index (χ0) is 18.2. The Morgan fingerprint density at radius 3 is 2.81 bits per heavy atom. The zero-order valence-corrected chi connectivity index (χ0v) is 14.4. The highest BCUT2D eigenvalue weighted by atomic mass is 16.5. The molecule has 0 unspecified atom stereocenters. The lowest BCUT2D eigenvalue weighted by molar-refractivity contribution is 0.139. The van der Waals surface area contributed by atoms with Gasteiger partial charge in [0.1, 0.15) is 12.4 Å². The van der Waals surface area contributed by atoms with Gasteiger partial charge in [0.2, 0.25) is 0 Å². The molecule has 0 aliphatic carbocycles. The number of nitrogens with two attached hydrogens (primary N) is 1. The van der Waals surface area contributed by atoms with Gasteiger partial charge in [-0.25, -0.2) is 4.79 Å². The van der Waals surface area contributed by atoms with E-state index in [0.717, 1.165) is 22.2 Å². The van der Waals surface area contributed by atoms with E-state index in [1.54, 1.807) is 12.3 Å². The van der Waals surface area contributed by atoms with E-state index >= 15 is 0 Å². The van der Waals surface area contributed by atoms with Gasteiger partial charge in [-0.3, -0.25) is 4.98 Å². The van der Waals surface area contributed by atoms with Crippen LogP contribution in [0.1, 0.15) is 12.0 Å². The van der Waals surface area contributed by atoms with Crippen LogP contribution in [-0.4, -0.2) is 24.2 Å². The number of fused-ring (bicyclic) bond motifs is 1. The van der Waals surface area contributed by atoms with Crippen molar-refractivity contribution in [2.24, 2.45) is 0 Å². The van der Waals surface area contributed by atoms with Gasteiger partial charge in [0, 0.05) is 23.8 Å². The minimum atomic E-state index is -0.432. The van der Waals surface area contributed by atoms with Gasteiger partial charge in [-0.2, -0.15) is 0 Å². The van der Waals surface area contributed by atoms with Crippen LogP contribution in [0.2, 0.25) is 0 Å². The van der Waals surface area contributed by atoms with Crippen molar-refractivity contribution in [1.82, 2.24) is 10.3 Å². The number of carbonyl (C=O) groups excluding carboxylic acids is 1. The minimum Gasteiger partial charge on any atom is -0.494 e. The molecule has 0 fully saturated rings. The molecule has 0 radical (unpaired) electrons. The van der Waals surface area contributed by atoms with Gasteiger partial charge >= 0.3 is 6.09 Å². The Balaban J connectivity index is 1.36. The fourth-order valence-corrected chi connectivity index (χ4v) is 2.46. The summed E-state index contributed by atoms with van der Waals surface area (Å²) in [6.45, 7) is 1.21. The number of nitrogens with one attached hydrogen (secondary N) is 1. The van der Waals surface area contributed by atoms with Crippen molar-refractivity contribution in [2.75, 3.05) is 18.9 Å². The number of aromatic nitrogens is 1. The summed E-state index contributed by atoms with van der Waals surface area (Å²) in [5, 5.41) is 3.57. The van der Waals surface area contributed by atoms with Crippen LogP contribution < -0.4 is 15.8 Å². The van der Waals surface area contributed by atoms with Gasteiger partial charge in [0.25, 0.3) is 0 Å². The number of carbonyl (C=O) groups is 1. The molecule has 1 aromatic heterocycles. The number of benzene rings is 2. The summed E-state index contributed by atoms with van der Waals surface area (Å²) < 4.78 is 10.8. The molecule has 2 aromatic carbocycles. The molecule has 0 saturated heterocycles. The first-order valence-electron chi connectivity index (χ1n) is 8.44. The van der Waals surface area contributed by atoms with Crippen LogP contribution in [0.25, 0.3) is 10.9 Å². The lowest BCUT2D eigenvalue weighted by Gasteiger charge is -2.09. The van der Waals surface area contributed by atoms with Gasteiger partial charge in [-0.1, -0.05) is 30.3 Å². The Labute approximate surface area is 151 Å². The number of nitrogens with zero attached hydrogens (tertiary/aromatic N) is 1. The molecule has 6 nitrogen and oxygen atoms in total. The predicted molar refractivity (Wildman–Crippen MR) is 101 cm³/mol. The van der Waals surface area contributed by atoms with Crippen LogP contribution in [0.5, 0.6) is 5.75 Å². The van der Waals surface area contributed by atoms with Gasteiger partial charge in [0.05, 0.1) is 12.1 Å².